The number of nitrogens with zero attached hydrogens (tertiary/aromatic N) is 1. The molecule has 0 heterocycles. The molecular formula is C32H39F6N3O3. The van der Waals surface area contributed by atoms with Gasteiger partial charge in [0.15, 0.2) is 0 Å². The summed E-state index contributed by atoms with van der Waals surface area (Å²) in [5.74, 6) is 0.429. The molecular weight excluding hydrogens is 588 g/mol. The summed E-state index contributed by atoms with van der Waals surface area (Å²) in [5.41, 5.74) is 6.19. The molecule has 1 atom stereocenters. The van der Waals surface area contributed by atoms with E-state index in [1.54, 1.807) is 7.11 Å². The zero-order valence-corrected chi connectivity index (χ0v) is 24.8. The van der Waals surface area contributed by atoms with Gasteiger partial charge in [0, 0.05) is 26.7 Å². The molecule has 3 N–H and O–H groups in total. The molecule has 44 heavy (non-hydrogen) atoms. The van der Waals surface area contributed by atoms with Gasteiger partial charge >= 0.3 is 12.4 Å². The van der Waals surface area contributed by atoms with Crippen LogP contribution in [-0.4, -0.2) is 46.2 Å². The molecule has 12 heteroatoms. The number of ether oxygens (including phenoxy) is 2. The SMILES string of the molecule is CNCCC(Oc1ccc(C(F)(F)F)cc1)c1ccccc1.COCCCC/C(=N\OCCN)c1ccc(C(F)(F)F)cc1. The van der Waals surface area contributed by atoms with E-state index in [0.29, 0.717) is 36.6 Å². The van der Waals surface area contributed by atoms with Crippen LogP contribution in [0.25, 0.3) is 0 Å². The van der Waals surface area contributed by atoms with Gasteiger partial charge in [-0.3, -0.25) is 0 Å². The summed E-state index contributed by atoms with van der Waals surface area (Å²) >= 11 is 0. The number of benzene rings is 3. The molecule has 0 radical (unpaired) electrons. The number of halogens is 6. The number of alkyl halides is 6. The quantitative estimate of drug-likeness (QED) is 0.0784. The fourth-order valence-corrected chi connectivity index (χ4v) is 3.93. The van der Waals surface area contributed by atoms with E-state index in [1.807, 2.05) is 37.4 Å². The van der Waals surface area contributed by atoms with Crippen LogP contribution in [0.3, 0.4) is 0 Å². The van der Waals surface area contributed by atoms with Crippen LogP contribution in [-0.2, 0) is 21.9 Å². The van der Waals surface area contributed by atoms with Gasteiger partial charge in [0.1, 0.15) is 18.5 Å². The third kappa shape index (κ3) is 13.4. The average molecular weight is 628 g/mol. The molecule has 0 spiro atoms. The van der Waals surface area contributed by atoms with Crippen molar-refractivity contribution in [2.45, 2.75) is 44.1 Å². The molecule has 3 rings (SSSR count). The summed E-state index contributed by atoms with van der Waals surface area (Å²) < 4.78 is 86.2. The lowest BCUT2D eigenvalue weighted by Gasteiger charge is -2.20. The van der Waals surface area contributed by atoms with Crippen LogP contribution in [0.5, 0.6) is 5.75 Å². The number of nitrogens with one attached hydrogen (secondary N) is 1. The van der Waals surface area contributed by atoms with Gasteiger partial charge in [0.2, 0.25) is 0 Å². The molecule has 242 valence electrons. The Hall–Kier alpha value is -3.61. The number of rotatable bonds is 15. The first kappa shape index (κ1) is 36.6. The Kier molecular flexibility index (Phi) is 15.7. The third-order valence-corrected chi connectivity index (χ3v) is 6.23. The van der Waals surface area contributed by atoms with Crippen LogP contribution >= 0.6 is 0 Å². The van der Waals surface area contributed by atoms with Gasteiger partial charge in [-0.25, -0.2) is 0 Å². The van der Waals surface area contributed by atoms with Crippen molar-refractivity contribution in [2.24, 2.45) is 10.9 Å². The summed E-state index contributed by atoms with van der Waals surface area (Å²) in [4.78, 5) is 5.06. The van der Waals surface area contributed by atoms with Crippen LogP contribution in [0.1, 0.15) is 54.0 Å². The number of oxime groups is 1. The molecule has 0 aliphatic heterocycles. The van der Waals surface area contributed by atoms with Crippen molar-refractivity contribution < 1.29 is 40.7 Å². The normalized spacial score (nSPS) is 12.7. The zero-order valence-electron chi connectivity index (χ0n) is 24.8. The summed E-state index contributed by atoms with van der Waals surface area (Å²) in [6, 6.07) is 19.3. The predicted octanol–water partition coefficient (Wildman–Crippen LogP) is 7.64. The average Bonchev–Trinajstić information content (AvgIpc) is 3.01. The van der Waals surface area contributed by atoms with E-state index in [2.05, 4.69) is 10.5 Å². The van der Waals surface area contributed by atoms with Crippen LogP contribution in [0.2, 0.25) is 0 Å². The lowest BCUT2D eigenvalue weighted by molar-refractivity contribution is -0.138. The first-order chi connectivity index (χ1) is 21.0. The molecule has 0 aliphatic rings. The monoisotopic (exact) mass is 627 g/mol. The Morgan fingerprint density at radius 2 is 1.41 bits per heavy atom. The van der Waals surface area contributed by atoms with E-state index in [1.165, 1.54) is 24.3 Å². The van der Waals surface area contributed by atoms with E-state index in [9.17, 15) is 26.3 Å². The number of hydrogen-bond donors (Lipinski definition) is 2. The zero-order chi connectivity index (χ0) is 32.4. The highest BCUT2D eigenvalue weighted by Gasteiger charge is 2.31. The first-order valence-electron chi connectivity index (χ1n) is 14.1. The standard InChI is InChI=1S/C17H18F3NO.C15H21F3N2O2/c1-21-12-11-16(13-5-3-2-4-6-13)22-15-9-7-14(8-10-15)17(18,19)20;1-21-10-3-2-4-14(20-22-11-9-19)12-5-7-13(8-6-12)15(16,17)18/h2-10,16,21H,11-12H2,1H3;5-8H,2-4,9-11,19H2,1H3/b;20-14+. The molecule has 3 aromatic rings. The van der Waals surface area contributed by atoms with Crippen LogP contribution < -0.4 is 15.8 Å². The number of unbranched alkanes of at least 4 members (excludes halogenated alkanes) is 1. The molecule has 3 aromatic carbocycles. The predicted molar refractivity (Wildman–Crippen MR) is 159 cm³/mol. The van der Waals surface area contributed by atoms with Crippen molar-refractivity contribution in [3.05, 3.63) is 101 Å². The lowest BCUT2D eigenvalue weighted by atomic mass is 10.0. The van der Waals surface area contributed by atoms with Gasteiger partial charge in [-0.1, -0.05) is 47.6 Å². The van der Waals surface area contributed by atoms with Gasteiger partial charge in [-0.2, -0.15) is 26.3 Å². The van der Waals surface area contributed by atoms with Crippen molar-refractivity contribution >= 4 is 5.71 Å². The summed E-state index contributed by atoms with van der Waals surface area (Å²) in [7, 11) is 3.47. The van der Waals surface area contributed by atoms with Gasteiger partial charge in [-0.05, 0) is 80.4 Å². The van der Waals surface area contributed by atoms with E-state index in [-0.39, 0.29) is 12.7 Å². The van der Waals surface area contributed by atoms with Crippen molar-refractivity contribution in [1.82, 2.24) is 5.32 Å². The van der Waals surface area contributed by atoms with E-state index < -0.39 is 23.5 Å². The molecule has 0 fully saturated rings. The van der Waals surface area contributed by atoms with Crippen LogP contribution in [0, 0.1) is 0 Å². The second-order valence-electron chi connectivity index (χ2n) is 9.62. The van der Waals surface area contributed by atoms with Crippen molar-refractivity contribution in [3.8, 4) is 5.75 Å². The molecule has 0 aromatic heterocycles. The maximum absolute atomic E-state index is 12.6. The molecule has 0 saturated heterocycles. The van der Waals surface area contributed by atoms with Crippen molar-refractivity contribution in [1.29, 1.82) is 0 Å². The highest BCUT2D eigenvalue weighted by molar-refractivity contribution is 6.00. The Morgan fingerprint density at radius 1 is 0.818 bits per heavy atom. The number of hydrogen-bond acceptors (Lipinski definition) is 6. The number of methoxy groups -OCH3 is 1. The molecule has 6 nitrogen and oxygen atoms in total. The largest absolute Gasteiger partial charge is 0.486 e. The maximum atomic E-state index is 12.6. The van der Waals surface area contributed by atoms with Gasteiger partial charge < -0.3 is 25.4 Å². The summed E-state index contributed by atoms with van der Waals surface area (Å²) in [6.45, 7) is 1.97. The Morgan fingerprint density at radius 3 is 1.93 bits per heavy atom. The third-order valence-electron chi connectivity index (χ3n) is 6.23. The molecule has 0 amide bonds. The lowest BCUT2D eigenvalue weighted by Crippen LogP contribution is -2.16. The summed E-state index contributed by atoms with van der Waals surface area (Å²) in [6.07, 6.45) is -5.91. The fraction of sp³-hybridized carbons (Fsp3) is 0.406. The van der Waals surface area contributed by atoms with E-state index in [0.717, 1.165) is 55.6 Å². The Balaban J connectivity index is 0.000000307. The number of nitrogens with two attached hydrogens (primary N) is 1. The Labute approximate surface area is 254 Å². The minimum absolute atomic E-state index is 0.203. The minimum Gasteiger partial charge on any atom is -0.486 e. The molecule has 0 bridgehead atoms. The van der Waals surface area contributed by atoms with Crippen LogP contribution in [0.15, 0.2) is 84.0 Å². The van der Waals surface area contributed by atoms with Crippen molar-refractivity contribution in [2.75, 3.05) is 40.5 Å². The van der Waals surface area contributed by atoms with E-state index in [4.69, 9.17) is 20.0 Å². The van der Waals surface area contributed by atoms with Crippen molar-refractivity contribution in [3.63, 3.8) is 0 Å². The van der Waals surface area contributed by atoms with Gasteiger partial charge in [0.05, 0.1) is 16.8 Å². The Bertz CT molecular complexity index is 1220. The minimum atomic E-state index is -4.34. The smallest absolute Gasteiger partial charge is 0.416 e. The molecule has 0 aliphatic carbocycles. The topological polar surface area (TPSA) is 78.1 Å². The fourth-order valence-electron chi connectivity index (χ4n) is 3.93. The second-order valence-corrected chi connectivity index (χ2v) is 9.62. The van der Waals surface area contributed by atoms with E-state index >= 15 is 0 Å². The molecule has 0 saturated carbocycles. The highest BCUT2D eigenvalue weighted by atomic mass is 19.4. The molecule has 1 unspecified atom stereocenters. The highest BCUT2D eigenvalue weighted by Crippen LogP contribution is 2.32. The van der Waals surface area contributed by atoms with Gasteiger partial charge in [0.25, 0.3) is 0 Å². The van der Waals surface area contributed by atoms with Gasteiger partial charge in [-0.15, -0.1) is 0 Å². The van der Waals surface area contributed by atoms with Crippen LogP contribution in [0.4, 0.5) is 26.3 Å². The maximum Gasteiger partial charge on any atom is 0.416 e. The summed E-state index contributed by atoms with van der Waals surface area (Å²) in [5, 5.41) is 7.04. The second kappa shape index (κ2) is 18.9. The first-order valence-corrected chi connectivity index (χ1v) is 14.1.